The van der Waals surface area contributed by atoms with E-state index >= 15 is 33.6 Å². The number of unbranched alkanes of at least 4 members (excludes halogenated alkanes) is 2. The van der Waals surface area contributed by atoms with Gasteiger partial charge in [-0.2, -0.15) is 0 Å². The van der Waals surface area contributed by atoms with E-state index in [0.29, 0.717) is 46.9 Å². The number of carbonyl (C=O) groups excluding carboxylic acids is 14. The molecule has 1 aromatic heterocycles. The quantitative estimate of drug-likeness (QED) is 0.00610. The Labute approximate surface area is 865 Å². The van der Waals surface area contributed by atoms with Crippen LogP contribution in [0.2, 0.25) is 0 Å². The lowest BCUT2D eigenvalue weighted by Crippen LogP contribution is -2.82. The van der Waals surface area contributed by atoms with Crippen molar-refractivity contribution in [3.05, 3.63) is 191 Å². The first-order valence-corrected chi connectivity index (χ1v) is 54.0. The first-order valence-electron chi connectivity index (χ1n) is 49.1. The fourth-order valence-corrected chi connectivity index (χ4v) is 23.8. The molecule has 10 amide bonds. The standard InChI is InChI=1S/C104H138N12O26S4/c1-14-15-45-116(99(133)139-85(83(65-36-24-18-25-37-65)115-98(132)142-100(6,7)8)97(131)138-77-53-104(134)88(140-96(130)66-38-26-19-27-39-66)86-102(11,87(122)84(136-13)81(59(77)2)101(104,9)10)78(135-12)52-79-103(86,58-137-79)141-62(5)120)46-48-144-143-47-43-80(121)107-71(49-63-32-20-16-21-33-63)90(124)112-75-56-145-146-57-76(94(128)111-74(55-117)60(3)118)113-95(129)82(61(4)119)114-89(123)70(42-30-31-44-105)108-92(126)73(51-67-54-106-69-41-29-28-40-68(67)69)110-91(125)72(109-93(75)127)50-64-34-22-17-23-35-64/h16-29,32-41,54,60-61,70-79,82-86,88,106,117-119,134H,14-15,30-31,42-53,55-58,105H2,1-13H3,(H,107,121)(H,108,126)(H,109,127)(H,110,125)(H,111,128)(H,112,124)(H,113,129)(H,114,123)(H,115,132)/t60-,61-,70+,71-,72+,73-,74-,75+,76+,77+,78+,79-,82+,83+,84-,85-,86+,88+,102-,103+,104-/m1/s1. The molecule has 2 bridgehead atoms. The molecule has 11 rings (SSSR count). The number of alkyl carbamates (subject to hydrolysis) is 1. The molecule has 2 saturated heterocycles. The Morgan fingerprint density at radius 2 is 1.32 bits per heavy atom. The molecule has 3 aliphatic carbocycles. The molecule has 6 aromatic rings. The monoisotopic (exact) mass is 2100 g/mol. The van der Waals surface area contributed by atoms with E-state index < -0.39 is 233 Å². The summed E-state index contributed by atoms with van der Waals surface area (Å²) in [6, 6.07) is 27.0. The van der Waals surface area contributed by atoms with Crippen LogP contribution in [0.1, 0.15) is 166 Å². The van der Waals surface area contributed by atoms with Gasteiger partial charge in [0.15, 0.2) is 11.4 Å². The average molecular weight is 2100 g/mol. The zero-order chi connectivity index (χ0) is 106. The van der Waals surface area contributed by atoms with Crippen LogP contribution in [0, 0.1) is 16.7 Å². The van der Waals surface area contributed by atoms with E-state index in [1.165, 1.54) is 73.6 Å². The molecule has 3 heterocycles. The molecular formula is C104H138N12O26S4. The van der Waals surface area contributed by atoms with Gasteiger partial charge in [-0.1, -0.05) is 198 Å². The summed E-state index contributed by atoms with van der Waals surface area (Å²) < 4.78 is 50.6. The third-order valence-electron chi connectivity index (χ3n) is 27.4. The summed E-state index contributed by atoms with van der Waals surface area (Å²) >= 11 is 0. The number of nitrogens with zero attached hydrogens (tertiary/aromatic N) is 1. The topological polar surface area (TPSA) is 547 Å². The number of para-hydroxylation sites is 1. The molecule has 2 saturated carbocycles. The fraction of sp³-hybridized carbons (Fsp3) is 0.538. The summed E-state index contributed by atoms with van der Waals surface area (Å²) in [5.41, 5.74) is 0.202. The van der Waals surface area contributed by atoms with Crippen LogP contribution in [0.4, 0.5) is 9.59 Å². The molecule has 42 heteroatoms. The molecule has 16 N–H and O–H groups in total. The van der Waals surface area contributed by atoms with Gasteiger partial charge < -0.3 is 122 Å². The number of carbonyl (C=O) groups is 14. The molecule has 5 aliphatic rings. The number of ether oxygens (including phenoxy) is 8. The lowest BCUT2D eigenvalue weighted by molar-refractivity contribution is -0.347. The third kappa shape index (κ3) is 28.7. The van der Waals surface area contributed by atoms with Crippen molar-refractivity contribution in [3.63, 3.8) is 0 Å². The number of methoxy groups -OCH3 is 2. The van der Waals surface area contributed by atoms with Crippen molar-refractivity contribution in [2.24, 2.45) is 22.5 Å². The number of benzene rings is 5. The predicted octanol–water partition coefficient (Wildman–Crippen LogP) is 6.95. The number of amides is 10. The Morgan fingerprint density at radius 3 is 1.93 bits per heavy atom. The molecule has 0 spiro atoms. The molecule has 0 radical (unpaired) electrons. The third-order valence-corrected chi connectivity index (χ3v) is 32.2. The van der Waals surface area contributed by atoms with Gasteiger partial charge in [-0.05, 0) is 132 Å². The number of Topliss-reactive ketones (excluding diaryl/α,β-unsaturated/α-hetero) is 1. The maximum absolute atomic E-state index is 16.3. The predicted molar refractivity (Wildman–Crippen MR) is 549 cm³/mol. The molecule has 2 aliphatic heterocycles. The Kier molecular flexibility index (Phi) is 41.5. The average Bonchev–Trinajstić information content (AvgIpc) is 0.698. The van der Waals surface area contributed by atoms with Gasteiger partial charge in [-0.25, -0.2) is 19.2 Å². The van der Waals surface area contributed by atoms with Crippen LogP contribution in [0.25, 0.3) is 10.9 Å². The van der Waals surface area contributed by atoms with Crippen molar-refractivity contribution < 1.29 is 125 Å². The summed E-state index contributed by atoms with van der Waals surface area (Å²) in [5, 5.41) is 71.8. The number of fused-ring (bicyclic) bond motifs is 6. The van der Waals surface area contributed by atoms with E-state index in [2.05, 4.69) is 52.8 Å². The number of hydrogen-bond acceptors (Lipinski definition) is 31. The SMILES string of the molecule is CCCCN(CCSSCCC(=O)N[C@H](Cc1ccccc1)C(=O)N[C@H]1CSSC[C@@H](C(=O)N[C@H](CO)[C@@H](C)O)NC(=O)[C@H]([C@@H](C)O)NC(=O)[C@H](CCCCN)NC(=O)[C@@H](Cc2c[nH]c3ccccc23)NC(=O)[C@H](Cc2ccccc2)NC1=O)C(=O)O[C@@H](C(=O)O[C@H]1C[C@@]2(O)[C@@H](OC(=O)c3ccccc3)[C@@H]3[C@]4(OC(C)=O)CO[C@@H]4C[C@H](OC)[C@@]3(C)C(=O)[C@H](OC)C(=C1C)C2(C)C)[C@@H](NC(=O)OC(C)(C)C)c1ccccc1. The van der Waals surface area contributed by atoms with Gasteiger partial charge in [-0.3, -0.25) is 47.9 Å². The molecule has 38 nitrogen and oxygen atoms in total. The number of nitrogens with two attached hydrogens (primary N) is 1. The van der Waals surface area contributed by atoms with Crippen LogP contribution in [-0.2, 0) is 110 Å². The summed E-state index contributed by atoms with van der Waals surface area (Å²) in [6.07, 6.45) is -12.1. The van der Waals surface area contributed by atoms with Crippen LogP contribution in [0.15, 0.2) is 163 Å². The zero-order valence-corrected chi connectivity index (χ0v) is 87.7. The Bertz CT molecular complexity index is 5550. The smallest absolute Gasteiger partial charge is 0.410 e. The van der Waals surface area contributed by atoms with Crippen molar-refractivity contribution in [1.82, 2.24) is 57.7 Å². The van der Waals surface area contributed by atoms with Crippen LogP contribution in [0.3, 0.4) is 0 Å². The zero-order valence-electron chi connectivity index (χ0n) is 84.4. The van der Waals surface area contributed by atoms with Crippen LogP contribution < -0.4 is 53.6 Å². The summed E-state index contributed by atoms with van der Waals surface area (Å²) in [5.74, 6) is -12.5. The second kappa shape index (κ2) is 52.6. The summed E-state index contributed by atoms with van der Waals surface area (Å²) in [6.45, 7) is 16.2. The van der Waals surface area contributed by atoms with Gasteiger partial charge in [0.05, 0.1) is 54.5 Å². The van der Waals surface area contributed by atoms with Gasteiger partial charge in [0.2, 0.25) is 53.4 Å². The van der Waals surface area contributed by atoms with E-state index in [9.17, 15) is 54.0 Å². The minimum absolute atomic E-state index is 0.0195. The van der Waals surface area contributed by atoms with E-state index in [4.69, 9.17) is 43.6 Å². The number of esters is 3. The number of aromatic amines is 1. The van der Waals surface area contributed by atoms with Crippen LogP contribution in [0.5, 0.6) is 0 Å². The maximum Gasteiger partial charge on any atom is 0.410 e. The Balaban J connectivity index is 0.855. The number of hydrogen-bond donors (Lipinski definition) is 15. The molecule has 5 aromatic carbocycles. The Morgan fingerprint density at radius 1 is 0.699 bits per heavy atom. The second-order valence-corrected chi connectivity index (χ2v) is 44.3. The van der Waals surface area contributed by atoms with Crippen molar-refractivity contribution in [3.8, 4) is 0 Å². The molecular weight excluding hydrogens is 1960 g/mol. The highest BCUT2D eigenvalue weighted by Crippen LogP contribution is 2.65. The first-order chi connectivity index (χ1) is 69.5. The number of H-pyrrole nitrogens is 1. The van der Waals surface area contributed by atoms with Crippen LogP contribution >= 0.6 is 43.2 Å². The molecule has 0 unspecified atom stereocenters. The van der Waals surface area contributed by atoms with Crippen molar-refractivity contribution in [1.29, 1.82) is 0 Å². The van der Waals surface area contributed by atoms with Gasteiger partial charge in [0.25, 0.3) is 0 Å². The van der Waals surface area contributed by atoms with Crippen LogP contribution in [-0.4, -0.2) is 297 Å². The van der Waals surface area contributed by atoms with E-state index in [-0.39, 0.29) is 116 Å². The van der Waals surface area contributed by atoms with E-state index in [1.807, 2.05) is 19.1 Å². The van der Waals surface area contributed by atoms with Gasteiger partial charge in [-0.15, -0.1) is 0 Å². The molecule has 21 atom stereocenters. The molecule has 794 valence electrons. The number of rotatable bonds is 39. The lowest BCUT2D eigenvalue weighted by Gasteiger charge is -2.67. The van der Waals surface area contributed by atoms with Gasteiger partial charge in [0, 0.05) is 118 Å². The maximum atomic E-state index is 16.3. The second-order valence-electron chi connectivity index (χ2n) is 39.1. The molecule has 146 heavy (non-hydrogen) atoms. The number of ketones is 1. The summed E-state index contributed by atoms with van der Waals surface area (Å²) in [4.78, 5) is 215. The highest BCUT2D eigenvalue weighted by molar-refractivity contribution is 8.77. The Hall–Kier alpha value is -11.2. The number of nitrogens with one attached hydrogen (secondary N) is 10. The highest BCUT2D eigenvalue weighted by Gasteiger charge is 2.78. The highest BCUT2D eigenvalue weighted by atomic mass is 33.1. The minimum Gasteiger partial charge on any atom is -0.455 e. The van der Waals surface area contributed by atoms with Crippen molar-refractivity contribution in [2.45, 2.75) is 267 Å². The number of aromatic nitrogens is 1. The number of aliphatic hydroxyl groups is 4. The molecule has 4 fully saturated rings. The van der Waals surface area contributed by atoms with Gasteiger partial charge in [0.1, 0.15) is 84.0 Å². The van der Waals surface area contributed by atoms with Gasteiger partial charge >= 0.3 is 30.1 Å². The lowest BCUT2D eigenvalue weighted by atomic mass is 9.44. The van der Waals surface area contributed by atoms with E-state index in [0.717, 1.165) is 21.6 Å². The largest absolute Gasteiger partial charge is 0.455 e. The van der Waals surface area contributed by atoms with E-state index in [1.54, 1.807) is 176 Å². The normalized spacial score (nSPS) is 25.9. The van der Waals surface area contributed by atoms with Crippen molar-refractivity contribution in [2.75, 3.05) is 70.1 Å². The summed E-state index contributed by atoms with van der Waals surface area (Å²) in [7, 11) is 7.09. The number of aliphatic hydroxyl groups excluding tert-OH is 3. The minimum atomic E-state index is -2.43. The first kappa shape index (κ1) is 115. The van der Waals surface area contributed by atoms with Crippen molar-refractivity contribution >= 4 is 137 Å². The fourth-order valence-electron chi connectivity index (χ4n) is 19.5.